The monoisotopic (exact) mass is 706 g/mol. The number of hydrogen-bond acceptors (Lipinski definition) is 12. The zero-order valence-electron chi connectivity index (χ0n) is 28.6. The van der Waals surface area contributed by atoms with Crippen LogP contribution in [0.4, 0.5) is 14.4 Å². The van der Waals surface area contributed by atoms with Gasteiger partial charge in [-0.3, -0.25) is 0 Å². The predicted molar refractivity (Wildman–Crippen MR) is 178 cm³/mol. The van der Waals surface area contributed by atoms with Gasteiger partial charge in [-0.05, 0) is 135 Å². The van der Waals surface area contributed by atoms with Gasteiger partial charge in [0.05, 0.1) is 21.0 Å². The van der Waals surface area contributed by atoms with E-state index in [1.54, 1.807) is 98.7 Å². The van der Waals surface area contributed by atoms with Gasteiger partial charge in [-0.1, -0.05) is 0 Å². The fraction of sp³-hybridized carbons (Fsp3) is 0.382. The first-order valence-corrected chi connectivity index (χ1v) is 17.6. The lowest BCUT2D eigenvalue weighted by Gasteiger charge is -2.19. The molecule has 0 aromatic heterocycles. The summed E-state index contributed by atoms with van der Waals surface area (Å²) in [7, 11) is -4.56. The molecule has 0 bridgehead atoms. The Morgan fingerprint density at radius 3 is 0.854 bits per heavy atom. The van der Waals surface area contributed by atoms with E-state index < -0.39 is 56.3 Å². The number of carbonyl (C=O) groups excluding carboxylic acids is 3. The Bertz CT molecular complexity index is 1450. The van der Waals surface area contributed by atoms with Gasteiger partial charge in [0.25, 0.3) is 0 Å². The number of rotatable bonds is 6. The summed E-state index contributed by atoms with van der Waals surface area (Å²) in [6, 6.07) is 21.3. The SMILES string of the molecule is CC(C)(C)OC(=O)Oc1ccc([S+](c2ccc(OC(=O)OC(C)(C)C)cc2)c2ccc(OC(=O)OC(C)(C)C)cc2)cc1.CS(=O)(=O)[O-]. The summed E-state index contributed by atoms with van der Waals surface area (Å²) in [5.41, 5.74) is -2.04. The molecule has 0 spiro atoms. The molecule has 262 valence electrons. The largest absolute Gasteiger partial charge is 0.748 e. The minimum Gasteiger partial charge on any atom is -0.748 e. The van der Waals surface area contributed by atoms with E-state index in [-0.39, 0.29) is 0 Å². The zero-order valence-corrected chi connectivity index (χ0v) is 30.3. The van der Waals surface area contributed by atoms with Gasteiger partial charge >= 0.3 is 18.5 Å². The Morgan fingerprint density at radius 2 is 0.688 bits per heavy atom. The lowest BCUT2D eigenvalue weighted by atomic mass is 10.2. The van der Waals surface area contributed by atoms with Gasteiger partial charge < -0.3 is 33.0 Å². The van der Waals surface area contributed by atoms with Crippen LogP contribution < -0.4 is 14.2 Å². The maximum absolute atomic E-state index is 12.1. The van der Waals surface area contributed by atoms with Crippen molar-refractivity contribution in [1.82, 2.24) is 0 Å². The third-order valence-corrected chi connectivity index (χ3v) is 7.18. The molecule has 48 heavy (non-hydrogen) atoms. The van der Waals surface area contributed by atoms with E-state index >= 15 is 0 Å². The van der Waals surface area contributed by atoms with E-state index in [1.807, 2.05) is 36.4 Å². The topological polar surface area (TPSA) is 164 Å². The van der Waals surface area contributed by atoms with Crippen molar-refractivity contribution in [3.05, 3.63) is 72.8 Å². The van der Waals surface area contributed by atoms with Crippen molar-refractivity contribution < 1.29 is 55.8 Å². The van der Waals surface area contributed by atoms with Gasteiger partial charge in [0.15, 0.2) is 14.7 Å². The Morgan fingerprint density at radius 1 is 0.500 bits per heavy atom. The van der Waals surface area contributed by atoms with Crippen LogP contribution in [-0.2, 0) is 35.2 Å². The number of hydrogen-bond donors (Lipinski definition) is 0. The van der Waals surface area contributed by atoms with E-state index in [4.69, 9.17) is 41.4 Å². The van der Waals surface area contributed by atoms with Crippen molar-refractivity contribution in [1.29, 1.82) is 0 Å². The van der Waals surface area contributed by atoms with Gasteiger partial charge in [0.2, 0.25) is 0 Å². The molecule has 0 heterocycles. The Balaban J connectivity index is 0.00000149. The van der Waals surface area contributed by atoms with Crippen LogP contribution in [0.25, 0.3) is 0 Å². The first kappa shape index (κ1) is 39.9. The predicted octanol–water partition coefficient (Wildman–Crippen LogP) is 7.89. The van der Waals surface area contributed by atoms with E-state index in [1.165, 1.54) is 0 Å². The molecule has 3 aromatic rings. The van der Waals surface area contributed by atoms with E-state index in [2.05, 4.69) is 0 Å². The highest BCUT2D eigenvalue weighted by Gasteiger charge is 2.30. The van der Waals surface area contributed by atoms with Crippen molar-refractivity contribution >= 4 is 39.5 Å². The second-order valence-corrected chi connectivity index (χ2v) is 16.6. The standard InChI is InChI=1S/C33H39O9S.CH4O3S/c1-31(2,3)40-28(34)37-22-10-16-25(17-11-22)43(26-18-12-23(13-19-26)38-29(35)41-32(4,5)6)27-20-14-24(15-21-27)39-30(36)42-33(7,8)9;1-5(2,3)4/h10-21H,1-9H3;1H3,(H,2,3,4)/q+1;/p-1. The number of benzene rings is 3. The molecule has 0 amide bonds. The van der Waals surface area contributed by atoms with Gasteiger partial charge in [0, 0.05) is 6.26 Å². The molecule has 0 unspecified atom stereocenters. The average Bonchev–Trinajstić information content (AvgIpc) is 2.87. The molecule has 0 saturated heterocycles. The Hall–Kier alpha value is -4.27. The van der Waals surface area contributed by atoms with Crippen LogP contribution in [0.3, 0.4) is 0 Å². The lowest BCUT2D eigenvalue weighted by Crippen LogP contribution is -2.26. The van der Waals surface area contributed by atoms with Gasteiger partial charge in [-0.25, -0.2) is 22.8 Å². The van der Waals surface area contributed by atoms with Crippen LogP contribution in [-0.4, -0.2) is 54.5 Å². The van der Waals surface area contributed by atoms with Crippen molar-refractivity contribution in [3.63, 3.8) is 0 Å². The number of ether oxygens (including phenoxy) is 6. The van der Waals surface area contributed by atoms with Crippen molar-refractivity contribution in [2.45, 2.75) is 93.8 Å². The zero-order chi connectivity index (χ0) is 36.5. The second kappa shape index (κ2) is 16.2. The average molecular weight is 707 g/mol. The van der Waals surface area contributed by atoms with Gasteiger partial charge in [-0.2, -0.15) is 0 Å². The van der Waals surface area contributed by atoms with E-state index in [0.717, 1.165) is 14.7 Å². The minimum atomic E-state index is -3.92. The van der Waals surface area contributed by atoms with Gasteiger partial charge in [-0.15, -0.1) is 0 Å². The third kappa shape index (κ3) is 16.5. The normalized spacial score (nSPS) is 11.8. The summed E-state index contributed by atoms with van der Waals surface area (Å²) in [6.07, 6.45) is -1.77. The molecule has 0 fully saturated rings. The molecule has 0 N–H and O–H groups in total. The minimum absolute atomic E-state index is 0.337. The molecule has 12 nitrogen and oxygen atoms in total. The molecule has 3 aromatic carbocycles. The molecule has 0 aliphatic rings. The summed E-state index contributed by atoms with van der Waals surface area (Å²) in [4.78, 5) is 39.1. The summed E-state index contributed by atoms with van der Waals surface area (Å²) in [5.74, 6) is 1.01. The van der Waals surface area contributed by atoms with Crippen LogP contribution in [0.1, 0.15) is 62.3 Å². The fourth-order valence-electron chi connectivity index (χ4n) is 3.44. The Labute approximate surface area is 284 Å². The summed E-state index contributed by atoms with van der Waals surface area (Å²) >= 11 is 0. The highest BCUT2D eigenvalue weighted by Crippen LogP contribution is 2.34. The van der Waals surface area contributed by atoms with Crippen LogP contribution in [0.15, 0.2) is 87.5 Å². The molecule has 0 aliphatic carbocycles. The van der Waals surface area contributed by atoms with Crippen molar-refractivity contribution in [3.8, 4) is 17.2 Å². The molecule has 0 atom stereocenters. The maximum atomic E-state index is 12.1. The fourth-order valence-corrected chi connectivity index (χ4v) is 5.48. The summed E-state index contributed by atoms with van der Waals surface area (Å²) in [6.45, 7) is 15.8. The second-order valence-electron chi connectivity index (χ2n) is 13.1. The van der Waals surface area contributed by atoms with Crippen molar-refractivity contribution in [2.24, 2.45) is 0 Å². The molecular weight excluding hydrogens is 664 g/mol. The highest BCUT2D eigenvalue weighted by atomic mass is 32.2. The van der Waals surface area contributed by atoms with Crippen LogP contribution in [0.2, 0.25) is 0 Å². The maximum Gasteiger partial charge on any atom is 0.514 e. The number of carbonyl (C=O) groups is 3. The summed E-state index contributed by atoms with van der Waals surface area (Å²) in [5, 5.41) is 0. The van der Waals surface area contributed by atoms with Crippen LogP contribution >= 0.6 is 0 Å². The highest BCUT2D eigenvalue weighted by molar-refractivity contribution is 7.97. The third-order valence-electron chi connectivity index (χ3n) is 4.95. The Kier molecular flexibility index (Phi) is 13.5. The smallest absolute Gasteiger partial charge is 0.514 e. The van der Waals surface area contributed by atoms with E-state index in [9.17, 15) is 14.4 Å². The first-order chi connectivity index (χ1) is 21.9. The molecule has 3 rings (SSSR count). The molecule has 0 radical (unpaired) electrons. The van der Waals surface area contributed by atoms with E-state index in [0.29, 0.717) is 23.5 Å². The van der Waals surface area contributed by atoms with Crippen LogP contribution in [0, 0.1) is 0 Å². The van der Waals surface area contributed by atoms with Crippen LogP contribution in [0.5, 0.6) is 17.2 Å². The van der Waals surface area contributed by atoms with Crippen molar-refractivity contribution in [2.75, 3.05) is 6.26 Å². The molecule has 14 heteroatoms. The molecule has 0 saturated carbocycles. The van der Waals surface area contributed by atoms with Gasteiger partial charge in [0.1, 0.15) is 34.1 Å². The lowest BCUT2D eigenvalue weighted by molar-refractivity contribution is 0.0193. The molecule has 0 aliphatic heterocycles. The quantitative estimate of drug-likeness (QED) is 0.0802. The first-order valence-electron chi connectivity index (χ1n) is 14.5. The molecular formula is C34H42O12S2. The summed E-state index contributed by atoms with van der Waals surface area (Å²) < 4.78 is 58.9.